The van der Waals surface area contributed by atoms with Gasteiger partial charge in [0.2, 0.25) is 5.91 Å². The van der Waals surface area contributed by atoms with E-state index in [1.54, 1.807) is 0 Å². The number of halogens is 1. The van der Waals surface area contributed by atoms with E-state index in [9.17, 15) is 4.79 Å². The van der Waals surface area contributed by atoms with Crippen molar-refractivity contribution < 1.29 is 4.79 Å². The Morgan fingerprint density at radius 2 is 2.25 bits per heavy atom. The molecule has 2 aliphatic heterocycles. The predicted molar refractivity (Wildman–Crippen MR) is 83.8 cm³/mol. The molecule has 1 aromatic rings. The van der Waals surface area contributed by atoms with Crippen LogP contribution in [0.4, 0.5) is 5.69 Å². The molecule has 0 aromatic heterocycles. The number of benzene rings is 1. The molecule has 0 radical (unpaired) electrons. The van der Waals surface area contributed by atoms with Gasteiger partial charge in [0.25, 0.3) is 0 Å². The van der Waals surface area contributed by atoms with Crippen LogP contribution in [0.1, 0.15) is 19.3 Å². The van der Waals surface area contributed by atoms with E-state index in [-0.39, 0.29) is 5.91 Å². The van der Waals surface area contributed by atoms with Crippen LogP contribution in [0.15, 0.2) is 28.7 Å². The van der Waals surface area contributed by atoms with Crippen LogP contribution in [-0.4, -0.2) is 42.5 Å². The van der Waals surface area contributed by atoms with E-state index in [0.29, 0.717) is 18.6 Å². The molecule has 2 N–H and O–H groups in total. The molecule has 1 amide bonds. The quantitative estimate of drug-likeness (QED) is 0.885. The second kappa shape index (κ2) is 6.24. The van der Waals surface area contributed by atoms with Crippen LogP contribution in [0.5, 0.6) is 0 Å². The number of nitrogens with zero attached hydrogens (tertiary/aromatic N) is 1. The average Bonchev–Trinajstić information content (AvgIpc) is 2.99. The molecule has 2 saturated heterocycles. The summed E-state index contributed by atoms with van der Waals surface area (Å²) in [5.74, 6) is 0.0274. The van der Waals surface area contributed by atoms with Crippen molar-refractivity contribution in [3.05, 3.63) is 28.7 Å². The topological polar surface area (TPSA) is 44.4 Å². The Labute approximate surface area is 128 Å². The van der Waals surface area contributed by atoms with E-state index in [4.69, 9.17) is 0 Å². The van der Waals surface area contributed by atoms with E-state index < -0.39 is 0 Å². The molecular weight excluding hydrogens is 318 g/mol. The van der Waals surface area contributed by atoms with Gasteiger partial charge in [0, 0.05) is 28.8 Å². The van der Waals surface area contributed by atoms with Crippen molar-refractivity contribution in [1.29, 1.82) is 0 Å². The molecule has 1 aromatic carbocycles. The Kier molecular flexibility index (Phi) is 4.38. The molecule has 3 rings (SSSR count). The molecule has 2 atom stereocenters. The maximum Gasteiger partial charge on any atom is 0.238 e. The number of fused-ring (bicyclic) bond motifs is 1. The summed E-state index contributed by atoms with van der Waals surface area (Å²) < 4.78 is 0.973. The second-order valence-corrected chi connectivity index (χ2v) is 6.50. The zero-order chi connectivity index (χ0) is 13.9. The fourth-order valence-corrected chi connectivity index (χ4v) is 3.72. The van der Waals surface area contributed by atoms with Crippen LogP contribution in [0.25, 0.3) is 0 Å². The Morgan fingerprint density at radius 3 is 3.10 bits per heavy atom. The van der Waals surface area contributed by atoms with Gasteiger partial charge in [0.1, 0.15) is 0 Å². The zero-order valence-electron chi connectivity index (χ0n) is 11.4. The van der Waals surface area contributed by atoms with Crippen LogP contribution >= 0.6 is 15.9 Å². The highest BCUT2D eigenvalue weighted by molar-refractivity contribution is 9.10. The smallest absolute Gasteiger partial charge is 0.238 e. The molecule has 0 bridgehead atoms. The SMILES string of the molecule is O=C(CNC1CCN2CCCC12)Nc1cccc(Br)c1. The van der Waals surface area contributed by atoms with Gasteiger partial charge >= 0.3 is 0 Å². The maximum absolute atomic E-state index is 12.0. The zero-order valence-corrected chi connectivity index (χ0v) is 13.0. The maximum atomic E-state index is 12.0. The Balaban J connectivity index is 1.47. The van der Waals surface area contributed by atoms with E-state index >= 15 is 0 Å². The lowest BCUT2D eigenvalue weighted by molar-refractivity contribution is -0.115. The second-order valence-electron chi connectivity index (χ2n) is 5.58. The fourth-order valence-electron chi connectivity index (χ4n) is 3.32. The van der Waals surface area contributed by atoms with Crippen molar-refractivity contribution in [2.75, 3.05) is 25.0 Å². The van der Waals surface area contributed by atoms with Crippen LogP contribution in [0.2, 0.25) is 0 Å². The van der Waals surface area contributed by atoms with Crippen molar-refractivity contribution in [2.24, 2.45) is 0 Å². The van der Waals surface area contributed by atoms with Crippen LogP contribution in [0, 0.1) is 0 Å². The molecule has 20 heavy (non-hydrogen) atoms. The number of hydrogen-bond acceptors (Lipinski definition) is 3. The number of nitrogens with one attached hydrogen (secondary N) is 2. The van der Waals surface area contributed by atoms with Gasteiger partial charge < -0.3 is 10.6 Å². The third kappa shape index (κ3) is 3.22. The third-order valence-corrected chi connectivity index (χ3v) is 4.73. The highest BCUT2D eigenvalue weighted by atomic mass is 79.9. The van der Waals surface area contributed by atoms with E-state index in [1.165, 1.54) is 25.9 Å². The molecule has 4 nitrogen and oxygen atoms in total. The van der Waals surface area contributed by atoms with Crippen molar-refractivity contribution >= 4 is 27.5 Å². The average molecular weight is 338 g/mol. The van der Waals surface area contributed by atoms with Crippen LogP contribution in [0.3, 0.4) is 0 Å². The number of carbonyl (C=O) groups excluding carboxylic acids is 1. The molecule has 2 unspecified atom stereocenters. The van der Waals surface area contributed by atoms with Gasteiger partial charge in [0.05, 0.1) is 6.54 Å². The summed E-state index contributed by atoms with van der Waals surface area (Å²) in [7, 11) is 0. The van der Waals surface area contributed by atoms with Gasteiger partial charge in [-0.3, -0.25) is 9.69 Å². The summed E-state index contributed by atoms with van der Waals surface area (Å²) in [6, 6.07) is 8.80. The van der Waals surface area contributed by atoms with Crippen LogP contribution in [-0.2, 0) is 4.79 Å². The van der Waals surface area contributed by atoms with E-state index in [2.05, 4.69) is 31.5 Å². The summed E-state index contributed by atoms with van der Waals surface area (Å²) in [5.41, 5.74) is 0.833. The summed E-state index contributed by atoms with van der Waals surface area (Å²) in [5, 5.41) is 6.34. The number of rotatable bonds is 4. The first-order valence-electron chi connectivity index (χ1n) is 7.25. The monoisotopic (exact) mass is 337 g/mol. The fraction of sp³-hybridized carbons (Fsp3) is 0.533. The van der Waals surface area contributed by atoms with Crippen molar-refractivity contribution in [2.45, 2.75) is 31.3 Å². The van der Waals surface area contributed by atoms with Crippen LogP contribution < -0.4 is 10.6 Å². The predicted octanol–water partition coefficient (Wildman–Crippen LogP) is 2.21. The molecule has 0 saturated carbocycles. The van der Waals surface area contributed by atoms with Gasteiger partial charge in [-0.05, 0) is 44.0 Å². The number of amides is 1. The molecule has 2 aliphatic rings. The number of hydrogen-bond donors (Lipinski definition) is 2. The van der Waals surface area contributed by atoms with Crippen molar-refractivity contribution in [1.82, 2.24) is 10.2 Å². The van der Waals surface area contributed by atoms with Crippen molar-refractivity contribution in [3.8, 4) is 0 Å². The van der Waals surface area contributed by atoms with E-state index in [1.807, 2.05) is 24.3 Å². The van der Waals surface area contributed by atoms with Gasteiger partial charge in [0.15, 0.2) is 0 Å². The minimum absolute atomic E-state index is 0.0274. The standard InChI is InChI=1S/C15H20BrN3O/c16-11-3-1-4-12(9-11)18-15(20)10-17-13-6-8-19-7-2-5-14(13)19/h1,3-4,9,13-14,17H,2,5-8,10H2,(H,18,20). The third-order valence-electron chi connectivity index (χ3n) is 4.24. The Hall–Kier alpha value is -0.910. The largest absolute Gasteiger partial charge is 0.325 e. The first-order valence-corrected chi connectivity index (χ1v) is 8.04. The van der Waals surface area contributed by atoms with Gasteiger partial charge in [-0.15, -0.1) is 0 Å². The van der Waals surface area contributed by atoms with Gasteiger partial charge in [-0.25, -0.2) is 0 Å². The van der Waals surface area contributed by atoms with Gasteiger partial charge in [-0.2, -0.15) is 0 Å². The lowest BCUT2D eigenvalue weighted by Crippen LogP contribution is -2.42. The minimum Gasteiger partial charge on any atom is -0.325 e. The number of carbonyl (C=O) groups is 1. The summed E-state index contributed by atoms with van der Waals surface area (Å²) in [6.45, 7) is 2.80. The molecule has 2 heterocycles. The highest BCUT2D eigenvalue weighted by Gasteiger charge is 2.36. The Bertz CT molecular complexity index is 494. The molecule has 0 spiro atoms. The Morgan fingerprint density at radius 1 is 1.35 bits per heavy atom. The molecular formula is C15H20BrN3O. The molecule has 5 heteroatoms. The van der Waals surface area contributed by atoms with E-state index in [0.717, 1.165) is 16.6 Å². The first kappa shape index (κ1) is 14.0. The van der Waals surface area contributed by atoms with Gasteiger partial charge in [-0.1, -0.05) is 22.0 Å². The molecule has 108 valence electrons. The minimum atomic E-state index is 0.0274. The normalized spacial score (nSPS) is 25.6. The summed E-state index contributed by atoms with van der Waals surface area (Å²) in [4.78, 5) is 14.5. The highest BCUT2D eigenvalue weighted by Crippen LogP contribution is 2.27. The summed E-state index contributed by atoms with van der Waals surface area (Å²) >= 11 is 3.40. The number of anilines is 1. The van der Waals surface area contributed by atoms with Crippen molar-refractivity contribution in [3.63, 3.8) is 0 Å². The first-order chi connectivity index (χ1) is 9.72. The lowest BCUT2D eigenvalue weighted by Gasteiger charge is -2.21. The lowest BCUT2D eigenvalue weighted by atomic mass is 10.1. The molecule has 0 aliphatic carbocycles. The summed E-state index contributed by atoms with van der Waals surface area (Å²) in [6.07, 6.45) is 3.73. The molecule has 2 fully saturated rings.